The van der Waals surface area contributed by atoms with Crippen LogP contribution in [0.4, 0.5) is 0 Å². The van der Waals surface area contributed by atoms with Crippen molar-refractivity contribution in [3.05, 3.63) is 29.7 Å². The lowest BCUT2D eigenvalue weighted by Gasteiger charge is -2.00. The minimum atomic E-state index is 0.879. The molecule has 1 heterocycles. The fourth-order valence-corrected chi connectivity index (χ4v) is 1.49. The summed E-state index contributed by atoms with van der Waals surface area (Å²) >= 11 is 0. The van der Waals surface area contributed by atoms with Crippen LogP contribution in [0.1, 0.15) is 18.1 Å². The molecule has 0 fully saturated rings. The average molecular weight is 161 g/mol. The number of nitrogens with zero attached hydrogens (tertiary/aromatic N) is 1. The fourth-order valence-electron chi connectivity index (χ4n) is 1.49. The van der Waals surface area contributed by atoms with E-state index in [0.717, 1.165) is 17.5 Å². The third-order valence-corrected chi connectivity index (χ3v) is 2.25. The zero-order valence-electron chi connectivity index (χ0n) is 7.29. The van der Waals surface area contributed by atoms with Gasteiger partial charge in [-0.2, -0.15) is 0 Å². The van der Waals surface area contributed by atoms with Gasteiger partial charge in [0.2, 0.25) is 0 Å². The molecule has 0 bridgehead atoms. The minimum absolute atomic E-state index is 0.879. The van der Waals surface area contributed by atoms with Gasteiger partial charge in [0.15, 0.2) is 12.0 Å². The lowest BCUT2D eigenvalue weighted by molar-refractivity contribution is 0.602. The molecule has 1 aromatic carbocycles. The molecule has 12 heavy (non-hydrogen) atoms. The second-order valence-electron chi connectivity index (χ2n) is 2.90. The Morgan fingerprint density at radius 2 is 2.25 bits per heavy atom. The number of benzene rings is 1. The predicted octanol–water partition coefficient (Wildman–Crippen LogP) is 2.70. The quantitative estimate of drug-likeness (QED) is 0.642. The number of oxazole rings is 1. The number of fused-ring (bicyclic) bond motifs is 1. The first-order valence-electron chi connectivity index (χ1n) is 4.14. The molecule has 0 N–H and O–H groups in total. The largest absolute Gasteiger partial charge is 0.443 e. The van der Waals surface area contributed by atoms with Gasteiger partial charge in [-0.1, -0.05) is 13.0 Å². The summed E-state index contributed by atoms with van der Waals surface area (Å²) in [6.45, 7) is 4.23. The van der Waals surface area contributed by atoms with Crippen LogP contribution in [0.15, 0.2) is 22.9 Å². The highest BCUT2D eigenvalue weighted by molar-refractivity contribution is 5.77. The third-order valence-electron chi connectivity index (χ3n) is 2.25. The zero-order valence-corrected chi connectivity index (χ0v) is 7.29. The lowest BCUT2D eigenvalue weighted by Crippen LogP contribution is -1.86. The normalized spacial score (nSPS) is 10.8. The van der Waals surface area contributed by atoms with E-state index in [9.17, 15) is 0 Å². The van der Waals surface area contributed by atoms with Crippen molar-refractivity contribution in [2.75, 3.05) is 0 Å². The van der Waals surface area contributed by atoms with Crippen molar-refractivity contribution in [3.8, 4) is 0 Å². The zero-order chi connectivity index (χ0) is 8.55. The molecular formula is C10H11NO. The maximum atomic E-state index is 5.19. The summed E-state index contributed by atoms with van der Waals surface area (Å²) in [5, 5.41) is 0. The van der Waals surface area contributed by atoms with Crippen LogP contribution in [0, 0.1) is 6.92 Å². The maximum Gasteiger partial charge on any atom is 0.181 e. The smallest absolute Gasteiger partial charge is 0.181 e. The molecule has 2 nitrogen and oxygen atoms in total. The number of hydrogen-bond acceptors (Lipinski definition) is 2. The third kappa shape index (κ3) is 0.916. The van der Waals surface area contributed by atoms with E-state index in [1.54, 1.807) is 0 Å². The van der Waals surface area contributed by atoms with Gasteiger partial charge in [-0.05, 0) is 30.5 Å². The topological polar surface area (TPSA) is 26.0 Å². The standard InChI is InChI=1S/C10H11NO/c1-3-8-4-5-9-10(7(8)2)11-6-12-9/h4-6H,3H2,1-2H3. The van der Waals surface area contributed by atoms with Gasteiger partial charge in [0.25, 0.3) is 0 Å². The molecule has 0 radical (unpaired) electrons. The highest BCUT2D eigenvalue weighted by atomic mass is 16.3. The maximum absolute atomic E-state index is 5.19. The molecule has 0 aliphatic rings. The van der Waals surface area contributed by atoms with Gasteiger partial charge in [-0.3, -0.25) is 0 Å². The van der Waals surface area contributed by atoms with E-state index >= 15 is 0 Å². The molecule has 0 aliphatic carbocycles. The molecule has 2 heteroatoms. The van der Waals surface area contributed by atoms with Crippen molar-refractivity contribution >= 4 is 11.1 Å². The van der Waals surface area contributed by atoms with Crippen molar-refractivity contribution in [2.45, 2.75) is 20.3 Å². The SMILES string of the molecule is CCc1ccc2ocnc2c1C. The Morgan fingerprint density at radius 1 is 1.42 bits per heavy atom. The molecule has 2 rings (SSSR count). The molecule has 0 amide bonds. The summed E-state index contributed by atoms with van der Waals surface area (Å²) in [5.41, 5.74) is 4.46. The van der Waals surface area contributed by atoms with Crippen LogP contribution < -0.4 is 0 Å². The summed E-state index contributed by atoms with van der Waals surface area (Å²) in [6.07, 6.45) is 2.55. The highest BCUT2D eigenvalue weighted by Gasteiger charge is 2.04. The Bertz CT molecular complexity index is 403. The van der Waals surface area contributed by atoms with Crippen LogP contribution in [0.25, 0.3) is 11.1 Å². The number of aryl methyl sites for hydroxylation is 2. The second kappa shape index (κ2) is 2.63. The summed E-state index contributed by atoms with van der Waals surface area (Å²) in [6, 6.07) is 4.08. The van der Waals surface area contributed by atoms with Crippen molar-refractivity contribution in [1.29, 1.82) is 0 Å². The number of aromatic nitrogens is 1. The Morgan fingerprint density at radius 3 is 3.00 bits per heavy atom. The molecule has 0 atom stereocenters. The minimum Gasteiger partial charge on any atom is -0.443 e. The van der Waals surface area contributed by atoms with Crippen LogP contribution in [0.5, 0.6) is 0 Å². The fraction of sp³-hybridized carbons (Fsp3) is 0.300. The first kappa shape index (κ1) is 7.35. The Kier molecular flexibility index (Phi) is 1.61. The highest BCUT2D eigenvalue weighted by Crippen LogP contribution is 2.20. The van der Waals surface area contributed by atoms with Gasteiger partial charge in [0.05, 0.1) is 0 Å². The van der Waals surface area contributed by atoms with Gasteiger partial charge >= 0.3 is 0 Å². The van der Waals surface area contributed by atoms with E-state index in [0.29, 0.717) is 0 Å². The number of hydrogen-bond donors (Lipinski definition) is 0. The summed E-state index contributed by atoms with van der Waals surface area (Å²) in [7, 11) is 0. The van der Waals surface area contributed by atoms with E-state index < -0.39 is 0 Å². The first-order valence-corrected chi connectivity index (χ1v) is 4.14. The van der Waals surface area contributed by atoms with Crippen molar-refractivity contribution < 1.29 is 4.42 Å². The van der Waals surface area contributed by atoms with Gasteiger partial charge in [0.1, 0.15) is 5.52 Å². The van der Waals surface area contributed by atoms with Crippen molar-refractivity contribution in [2.24, 2.45) is 0 Å². The predicted molar refractivity (Wildman–Crippen MR) is 48.1 cm³/mol. The summed E-state index contributed by atoms with van der Waals surface area (Å²) in [4.78, 5) is 4.16. The van der Waals surface area contributed by atoms with Crippen molar-refractivity contribution in [1.82, 2.24) is 4.98 Å². The molecule has 62 valence electrons. The lowest BCUT2D eigenvalue weighted by atomic mass is 10.1. The van der Waals surface area contributed by atoms with E-state index in [-0.39, 0.29) is 0 Å². The average Bonchev–Trinajstić information content (AvgIpc) is 2.53. The first-order chi connectivity index (χ1) is 5.83. The van der Waals surface area contributed by atoms with Crippen LogP contribution in [0.3, 0.4) is 0 Å². The van der Waals surface area contributed by atoms with Crippen LogP contribution in [-0.4, -0.2) is 4.98 Å². The Balaban J connectivity index is 2.78. The van der Waals surface area contributed by atoms with Crippen LogP contribution in [-0.2, 0) is 6.42 Å². The second-order valence-corrected chi connectivity index (χ2v) is 2.90. The monoisotopic (exact) mass is 161 g/mol. The van der Waals surface area contributed by atoms with Gasteiger partial charge in [0, 0.05) is 0 Å². The van der Waals surface area contributed by atoms with E-state index in [4.69, 9.17) is 4.42 Å². The molecule has 0 spiro atoms. The van der Waals surface area contributed by atoms with Crippen LogP contribution >= 0.6 is 0 Å². The number of rotatable bonds is 1. The van der Waals surface area contributed by atoms with E-state index in [1.165, 1.54) is 17.5 Å². The van der Waals surface area contributed by atoms with Crippen molar-refractivity contribution in [3.63, 3.8) is 0 Å². The molecule has 1 aromatic heterocycles. The summed E-state index contributed by atoms with van der Waals surface area (Å²) in [5.74, 6) is 0. The molecule has 0 saturated heterocycles. The van der Waals surface area contributed by atoms with Gasteiger partial charge in [-0.15, -0.1) is 0 Å². The molecule has 2 aromatic rings. The van der Waals surface area contributed by atoms with Gasteiger partial charge < -0.3 is 4.42 Å². The van der Waals surface area contributed by atoms with E-state index in [1.807, 2.05) is 6.07 Å². The Labute approximate surface area is 71.2 Å². The van der Waals surface area contributed by atoms with E-state index in [2.05, 4.69) is 24.9 Å². The Hall–Kier alpha value is -1.31. The van der Waals surface area contributed by atoms with Crippen LogP contribution in [0.2, 0.25) is 0 Å². The summed E-state index contributed by atoms with van der Waals surface area (Å²) < 4.78 is 5.19. The molecular weight excluding hydrogens is 150 g/mol. The van der Waals surface area contributed by atoms with Gasteiger partial charge in [-0.25, -0.2) is 4.98 Å². The molecule has 0 aliphatic heterocycles. The molecule has 0 unspecified atom stereocenters. The molecule has 0 saturated carbocycles.